The number of esters is 1. The summed E-state index contributed by atoms with van der Waals surface area (Å²) in [7, 11) is 0. The second-order valence-electron chi connectivity index (χ2n) is 8.05. The van der Waals surface area contributed by atoms with Crippen molar-refractivity contribution in [3.05, 3.63) is 0 Å². The molecular weight excluding hydrogens is 360 g/mol. The third-order valence-corrected chi connectivity index (χ3v) is 6.11. The molecule has 0 aliphatic carbocycles. The molecule has 0 bridgehead atoms. The van der Waals surface area contributed by atoms with Crippen LogP contribution in [0.1, 0.15) is 32.6 Å². The second kappa shape index (κ2) is 10.2. The van der Waals surface area contributed by atoms with Crippen LogP contribution in [0.3, 0.4) is 0 Å². The van der Waals surface area contributed by atoms with Crippen molar-refractivity contribution in [3.8, 4) is 0 Å². The molecule has 2 amide bonds. The Morgan fingerprint density at radius 2 is 1.21 bits per heavy atom. The first-order valence-corrected chi connectivity index (χ1v) is 10.7. The fraction of sp³-hybridized carbons (Fsp3) is 0.850. The van der Waals surface area contributed by atoms with E-state index >= 15 is 0 Å². The number of amides is 2. The Hall–Kier alpha value is -1.67. The molecule has 3 saturated heterocycles. The molecule has 0 spiro atoms. The van der Waals surface area contributed by atoms with Crippen LogP contribution in [0.5, 0.6) is 0 Å². The highest BCUT2D eigenvalue weighted by Crippen LogP contribution is 2.19. The van der Waals surface area contributed by atoms with Crippen molar-refractivity contribution in [2.24, 2.45) is 5.92 Å². The first kappa shape index (κ1) is 21.0. The molecule has 8 heteroatoms. The maximum absolute atomic E-state index is 12.6. The van der Waals surface area contributed by atoms with Crippen molar-refractivity contribution in [2.45, 2.75) is 32.6 Å². The summed E-state index contributed by atoms with van der Waals surface area (Å²) >= 11 is 0. The normalized spacial score (nSPS) is 22.5. The fourth-order valence-corrected chi connectivity index (χ4v) is 4.28. The Bertz CT molecular complexity index is 548. The summed E-state index contributed by atoms with van der Waals surface area (Å²) in [5.41, 5.74) is 0. The van der Waals surface area contributed by atoms with E-state index < -0.39 is 0 Å². The Labute approximate surface area is 167 Å². The molecule has 0 aromatic rings. The number of carbonyl (C=O) groups is 3. The molecule has 0 saturated carbocycles. The zero-order chi connectivity index (χ0) is 19.9. The van der Waals surface area contributed by atoms with E-state index in [0.717, 1.165) is 52.1 Å². The van der Waals surface area contributed by atoms with E-state index in [-0.39, 0.29) is 23.7 Å². The van der Waals surface area contributed by atoms with Crippen molar-refractivity contribution < 1.29 is 19.1 Å². The third kappa shape index (κ3) is 5.67. The number of hydrogen-bond donors (Lipinski definition) is 0. The van der Waals surface area contributed by atoms with Crippen LogP contribution in [0, 0.1) is 5.92 Å². The summed E-state index contributed by atoms with van der Waals surface area (Å²) in [6.45, 7) is 9.53. The number of piperidine rings is 1. The van der Waals surface area contributed by atoms with Gasteiger partial charge in [0.25, 0.3) is 0 Å². The van der Waals surface area contributed by atoms with Gasteiger partial charge in [0.2, 0.25) is 11.8 Å². The van der Waals surface area contributed by atoms with Crippen LogP contribution in [0.25, 0.3) is 0 Å². The highest BCUT2D eigenvalue weighted by atomic mass is 16.5. The van der Waals surface area contributed by atoms with Crippen molar-refractivity contribution in [1.29, 1.82) is 0 Å². The molecule has 0 aromatic carbocycles. The lowest BCUT2D eigenvalue weighted by atomic mass is 9.97. The highest BCUT2D eigenvalue weighted by Gasteiger charge is 2.30. The van der Waals surface area contributed by atoms with Gasteiger partial charge in [0.05, 0.1) is 25.6 Å². The summed E-state index contributed by atoms with van der Waals surface area (Å²) in [4.78, 5) is 44.9. The monoisotopic (exact) mass is 394 g/mol. The number of nitrogens with zero attached hydrogens (tertiary/aromatic N) is 4. The molecule has 3 aliphatic rings. The fourth-order valence-electron chi connectivity index (χ4n) is 4.28. The van der Waals surface area contributed by atoms with E-state index in [1.165, 1.54) is 0 Å². The largest absolute Gasteiger partial charge is 0.466 e. The van der Waals surface area contributed by atoms with E-state index in [4.69, 9.17) is 4.74 Å². The van der Waals surface area contributed by atoms with Crippen LogP contribution in [0.15, 0.2) is 0 Å². The summed E-state index contributed by atoms with van der Waals surface area (Å²) in [6, 6.07) is 0. The van der Waals surface area contributed by atoms with Crippen LogP contribution in [0.4, 0.5) is 0 Å². The van der Waals surface area contributed by atoms with Crippen LogP contribution in [-0.2, 0) is 19.1 Å². The van der Waals surface area contributed by atoms with Gasteiger partial charge in [-0.1, -0.05) is 0 Å². The molecule has 3 fully saturated rings. The molecule has 0 radical (unpaired) electrons. The lowest BCUT2D eigenvalue weighted by Gasteiger charge is -2.36. The Morgan fingerprint density at radius 1 is 0.750 bits per heavy atom. The standard InChI is InChI=1S/C20H34N4O4/c1-2-28-20(27)17-5-9-24(10-6-17)19(26)16-22-13-11-21(12-14-22)15-18(25)23-7-3-4-8-23/h17H,2-16H2,1H3. The third-order valence-electron chi connectivity index (χ3n) is 6.11. The summed E-state index contributed by atoms with van der Waals surface area (Å²) in [5.74, 6) is 0.185. The topological polar surface area (TPSA) is 73.4 Å². The number of ether oxygens (including phenoxy) is 1. The molecular formula is C20H34N4O4. The minimum Gasteiger partial charge on any atom is -0.466 e. The van der Waals surface area contributed by atoms with E-state index in [0.29, 0.717) is 45.6 Å². The molecule has 3 heterocycles. The molecule has 8 nitrogen and oxygen atoms in total. The zero-order valence-corrected chi connectivity index (χ0v) is 17.1. The van der Waals surface area contributed by atoms with Crippen LogP contribution in [-0.4, -0.2) is 109 Å². The first-order chi connectivity index (χ1) is 13.6. The molecule has 3 rings (SSSR count). The quantitative estimate of drug-likeness (QED) is 0.592. The maximum atomic E-state index is 12.6. The van der Waals surface area contributed by atoms with E-state index in [9.17, 15) is 14.4 Å². The van der Waals surface area contributed by atoms with Gasteiger partial charge in [-0.3, -0.25) is 24.2 Å². The summed E-state index contributed by atoms with van der Waals surface area (Å²) in [5, 5.41) is 0. The Balaban J connectivity index is 1.34. The second-order valence-corrected chi connectivity index (χ2v) is 8.05. The van der Waals surface area contributed by atoms with E-state index in [2.05, 4.69) is 9.80 Å². The Kier molecular flexibility index (Phi) is 7.67. The van der Waals surface area contributed by atoms with Crippen LogP contribution in [0.2, 0.25) is 0 Å². The van der Waals surface area contributed by atoms with E-state index in [1.54, 1.807) is 0 Å². The lowest BCUT2D eigenvalue weighted by Crippen LogP contribution is -2.52. The van der Waals surface area contributed by atoms with Crippen molar-refractivity contribution in [3.63, 3.8) is 0 Å². The first-order valence-electron chi connectivity index (χ1n) is 10.7. The molecule has 3 aliphatic heterocycles. The van der Waals surface area contributed by atoms with Gasteiger partial charge in [0, 0.05) is 52.4 Å². The van der Waals surface area contributed by atoms with Gasteiger partial charge in [-0.25, -0.2) is 0 Å². The van der Waals surface area contributed by atoms with Crippen LogP contribution >= 0.6 is 0 Å². The van der Waals surface area contributed by atoms with Crippen molar-refractivity contribution in [1.82, 2.24) is 19.6 Å². The Morgan fingerprint density at radius 3 is 1.68 bits per heavy atom. The molecule has 158 valence electrons. The van der Waals surface area contributed by atoms with E-state index in [1.807, 2.05) is 16.7 Å². The number of piperazine rings is 1. The number of likely N-dealkylation sites (tertiary alicyclic amines) is 2. The van der Waals surface area contributed by atoms with Crippen LogP contribution < -0.4 is 0 Å². The van der Waals surface area contributed by atoms with Gasteiger partial charge in [-0.15, -0.1) is 0 Å². The summed E-state index contributed by atoms with van der Waals surface area (Å²) < 4.78 is 5.09. The van der Waals surface area contributed by atoms with Gasteiger partial charge in [0.15, 0.2) is 0 Å². The van der Waals surface area contributed by atoms with Gasteiger partial charge in [-0.2, -0.15) is 0 Å². The average Bonchev–Trinajstić information content (AvgIpc) is 3.25. The van der Waals surface area contributed by atoms with Gasteiger partial charge >= 0.3 is 5.97 Å². The molecule has 0 aromatic heterocycles. The zero-order valence-electron chi connectivity index (χ0n) is 17.1. The summed E-state index contributed by atoms with van der Waals surface area (Å²) in [6.07, 6.45) is 3.63. The smallest absolute Gasteiger partial charge is 0.309 e. The minimum atomic E-state index is -0.130. The maximum Gasteiger partial charge on any atom is 0.309 e. The molecule has 0 atom stereocenters. The molecule has 28 heavy (non-hydrogen) atoms. The minimum absolute atomic E-state index is 0.0688. The number of rotatable bonds is 6. The van der Waals surface area contributed by atoms with Crippen molar-refractivity contribution in [2.75, 3.05) is 72.1 Å². The number of hydrogen-bond acceptors (Lipinski definition) is 6. The van der Waals surface area contributed by atoms with Gasteiger partial charge in [0.1, 0.15) is 0 Å². The SMILES string of the molecule is CCOC(=O)C1CCN(C(=O)CN2CCN(CC(=O)N3CCCC3)CC2)CC1. The average molecular weight is 395 g/mol. The predicted molar refractivity (Wildman–Crippen MR) is 105 cm³/mol. The molecule has 0 unspecified atom stereocenters. The highest BCUT2D eigenvalue weighted by molar-refractivity contribution is 5.79. The van der Waals surface area contributed by atoms with Gasteiger partial charge < -0.3 is 14.5 Å². The van der Waals surface area contributed by atoms with Gasteiger partial charge in [-0.05, 0) is 32.6 Å². The number of carbonyl (C=O) groups excluding carboxylic acids is 3. The predicted octanol–water partition coefficient (Wildman–Crippen LogP) is 0.0281. The molecule has 0 N–H and O–H groups in total. The lowest BCUT2D eigenvalue weighted by molar-refractivity contribution is -0.151. The van der Waals surface area contributed by atoms with Crippen molar-refractivity contribution >= 4 is 17.8 Å².